The SMILES string of the molecule is Cc1cc(C(C)NCc2ccccc2C2CC2)c(C)s1. The van der Waals surface area contributed by atoms with Crippen LogP contribution in [0.4, 0.5) is 0 Å². The minimum Gasteiger partial charge on any atom is -0.306 e. The van der Waals surface area contributed by atoms with E-state index in [-0.39, 0.29) is 0 Å². The van der Waals surface area contributed by atoms with Crippen molar-refractivity contribution in [3.63, 3.8) is 0 Å². The van der Waals surface area contributed by atoms with Gasteiger partial charge in [-0.25, -0.2) is 0 Å². The van der Waals surface area contributed by atoms with Gasteiger partial charge < -0.3 is 5.32 Å². The molecule has 1 aromatic heterocycles. The first-order chi connectivity index (χ1) is 9.65. The van der Waals surface area contributed by atoms with E-state index in [0.29, 0.717) is 6.04 Å². The maximum atomic E-state index is 3.70. The molecule has 0 aliphatic heterocycles. The Morgan fingerprint density at radius 2 is 2.00 bits per heavy atom. The highest BCUT2D eigenvalue weighted by Gasteiger charge is 2.25. The van der Waals surface area contributed by atoms with Gasteiger partial charge in [-0.15, -0.1) is 11.3 Å². The molecule has 0 saturated heterocycles. The first-order valence-electron chi connectivity index (χ1n) is 7.53. The van der Waals surface area contributed by atoms with Crippen molar-refractivity contribution in [3.8, 4) is 0 Å². The van der Waals surface area contributed by atoms with E-state index in [9.17, 15) is 0 Å². The molecule has 1 aromatic carbocycles. The lowest BCUT2D eigenvalue weighted by Gasteiger charge is -2.16. The zero-order valence-electron chi connectivity index (χ0n) is 12.6. The summed E-state index contributed by atoms with van der Waals surface area (Å²) < 4.78 is 0. The van der Waals surface area contributed by atoms with Crippen molar-refractivity contribution in [2.75, 3.05) is 0 Å². The molecule has 1 fully saturated rings. The van der Waals surface area contributed by atoms with Crippen molar-refractivity contribution in [2.45, 2.75) is 52.1 Å². The molecule has 1 saturated carbocycles. The molecule has 2 heteroatoms. The Hall–Kier alpha value is -1.12. The number of rotatable bonds is 5. The van der Waals surface area contributed by atoms with E-state index in [0.717, 1.165) is 12.5 Å². The summed E-state index contributed by atoms with van der Waals surface area (Å²) in [5.41, 5.74) is 4.49. The molecule has 1 aliphatic rings. The Morgan fingerprint density at radius 3 is 2.65 bits per heavy atom. The van der Waals surface area contributed by atoms with E-state index in [1.807, 2.05) is 11.3 Å². The smallest absolute Gasteiger partial charge is 0.0305 e. The number of thiophene rings is 1. The molecule has 1 heterocycles. The Kier molecular flexibility index (Phi) is 3.95. The average Bonchev–Trinajstić information content (AvgIpc) is 3.22. The second-order valence-corrected chi connectivity index (χ2v) is 7.40. The highest BCUT2D eigenvalue weighted by Crippen LogP contribution is 2.41. The van der Waals surface area contributed by atoms with Gasteiger partial charge in [-0.3, -0.25) is 0 Å². The van der Waals surface area contributed by atoms with Crippen LogP contribution in [0.5, 0.6) is 0 Å². The van der Waals surface area contributed by atoms with Gasteiger partial charge in [-0.05, 0) is 62.3 Å². The van der Waals surface area contributed by atoms with Crippen LogP contribution in [0.3, 0.4) is 0 Å². The lowest BCUT2D eigenvalue weighted by molar-refractivity contribution is 0.571. The Bertz CT molecular complexity index is 595. The van der Waals surface area contributed by atoms with Crippen LogP contribution < -0.4 is 5.32 Å². The molecule has 1 N–H and O–H groups in total. The van der Waals surface area contributed by atoms with Crippen molar-refractivity contribution in [1.82, 2.24) is 5.32 Å². The number of benzene rings is 1. The summed E-state index contributed by atoms with van der Waals surface area (Å²) in [4.78, 5) is 2.85. The molecular formula is C18H23NS. The lowest BCUT2D eigenvalue weighted by Crippen LogP contribution is -2.19. The molecule has 2 aromatic rings. The molecule has 1 aliphatic carbocycles. The quantitative estimate of drug-likeness (QED) is 0.806. The lowest BCUT2D eigenvalue weighted by atomic mass is 10.0. The van der Waals surface area contributed by atoms with Gasteiger partial charge in [0.1, 0.15) is 0 Å². The van der Waals surface area contributed by atoms with Crippen LogP contribution in [0.2, 0.25) is 0 Å². The molecule has 0 radical (unpaired) electrons. The van der Waals surface area contributed by atoms with Gasteiger partial charge in [0.25, 0.3) is 0 Å². The van der Waals surface area contributed by atoms with Gasteiger partial charge in [0.15, 0.2) is 0 Å². The fourth-order valence-corrected chi connectivity index (χ4v) is 3.96. The van der Waals surface area contributed by atoms with Crippen molar-refractivity contribution >= 4 is 11.3 Å². The summed E-state index contributed by atoms with van der Waals surface area (Å²) in [5, 5.41) is 3.70. The van der Waals surface area contributed by atoms with Gasteiger partial charge in [0.2, 0.25) is 0 Å². The van der Waals surface area contributed by atoms with E-state index in [2.05, 4.69) is 56.4 Å². The van der Waals surface area contributed by atoms with E-state index < -0.39 is 0 Å². The molecule has 1 atom stereocenters. The maximum Gasteiger partial charge on any atom is 0.0305 e. The summed E-state index contributed by atoms with van der Waals surface area (Å²) in [5.74, 6) is 0.827. The molecule has 106 valence electrons. The van der Waals surface area contributed by atoms with E-state index in [1.165, 1.54) is 33.7 Å². The number of nitrogens with one attached hydrogen (secondary N) is 1. The van der Waals surface area contributed by atoms with Crippen LogP contribution in [0.25, 0.3) is 0 Å². The largest absolute Gasteiger partial charge is 0.306 e. The third-order valence-corrected chi connectivity index (χ3v) is 5.20. The zero-order valence-corrected chi connectivity index (χ0v) is 13.4. The molecule has 1 unspecified atom stereocenters. The molecule has 0 amide bonds. The highest BCUT2D eigenvalue weighted by molar-refractivity contribution is 7.12. The number of hydrogen-bond acceptors (Lipinski definition) is 2. The molecular weight excluding hydrogens is 262 g/mol. The van der Waals surface area contributed by atoms with Gasteiger partial charge in [0.05, 0.1) is 0 Å². The second kappa shape index (κ2) is 5.71. The Balaban J connectivity index is 1.69. The fourth-order valence-electron chi connectivity index (χ4n) is 2.94. The summed E-state index contributed by atoms with van der Waals surface area (Å²) in [6.07, 6.45) is 2.74. The minimum atomic E-state index is 0.423. The number of hydrogen-bond donors (Lipinski definition) is 1. The first-order valence-corrected chi connectivity index (χ1v) is 8.35. The van der Waals surface area contributed by atoms with E-state index in [1.54, 1.807) is 5.56 Å². The number of aryl methyl sites for hydroxylation is 2. The third kappa shape index (κ3) is 2.97. The monoisotopic (exact) mass is 285 g/mol. The average molecular weight is 285 g/mol. The summed E-state index contributed by atoms with van der Waals surface area (Å²) in [6, 6.07) is 11.7. The van der Waals surface area contributed by atoms with Crippen LogP contribution in [-0.4, -0.2) is 0 Å². The van der Waals surface area contributed by atoms with Crippen molar-refractivity contribution < 1.29 is 0 Å². The predicted octanol–water partition coefficient (Wildman–Crippen LogP) is 5.09. The first kappa shape index (κ1) is 13.8. The van der Waals surface area contributed by atoms with Crippen LogP contribution in [0.1, 0.15) is 58.2 Å². The summed E-state index contributed by atoms with van der Waals surface area (Å²) in [7, 11) is 0. The van der Waals surface area contributed by atoms with Crippen LogP contribution in [-0.2, 0) is 6.54 Å². The minimum absolute atomic E-state index is 0.423. The van der Waals surface area contributed by atoms with Gasteiger partial charge in [0, 0.05) is 22.3 Å². The zero-order chi connectivity index (χ0) is 14.1. The third-order valence-electron chi connectivity index (χ3n) is 4.22. The van der Waals surface area contributed by atoms with Crippen molar-refractivity contribution in [3.05, 3.63) is 56.8 Å². The summed E-state index contributed by atoms with van der Waals surface area (Å²) in [6.45, 7) is 7.66. The van der Waals surface area contributed by atoms with Crippen molar-refractivity contribution in [1.29, 1.82) is 0 Å². The Morgan fingerprint density at radius 1 is 1.25 bits per heavy atom. The van der Waals surface area contributed by atoms with Gasteiger partial charge in [-0.2, -0.15) is 0 Å². The normalized spacial score (nSPS) is 16.4. The van der Waals surface area contributed by atoms with Crippen molar-refractivity contribution in [2.24, 2.45) is 0 Å². The van der Waals surface area contributed by atoms with Gasteiger partial charge in [-0.1, -0.05) is 24.3 Å². The van der Waals surface area contributed by atoms with E-state index >= 15 is 0 Å². The molecule has 0 bridgehead atoms. The van der Waals surface area contributed by atoms with Crippen LogP contribution in [0.15, 0.2) is 30.3 Å². The molecule has 0 spiro atoms. The van der Waals surface area contributed by atoms with Crippen LogP contribution >= 0.6 is 11.3 Å². The standard InChI is InChI=1S/C18H23NS/c1-12-10-18(14(3)20-12)13(2)19-11-16-6-4-5-7-17(16)15-8-9-15/h4-7,10,13,15,19H,8-9,11H2,1-3H3. The topological polar surface area (TPSA) is 12.0 Å². The van der Waals surface area contributed by atoms with E-state index in [4.69, 9.17) is 0 Å². The summed E-state index contributed by atoms with van der Waals surface area (Å²) >= 11 is 1.90. The Labute approximate surface area is 126 Å². The molecule has 20 heavy (non-hydrogen) atoms. The predicted molar refractivity (Wildman–Crippen MR) is 87.5 cm³/mol. The highest BCUT2D eigenvalue weighted by atomic mass is 32.1. The second-order valence-electron chi connectivity index (χ2n) is 5.94. The maximum absolute atomic E-state index is 3.70. The van der Waals surface area contributed by atoms with Crippen LogP contribution in [0, 0.1) is 13.8 Å². The molecule has 1 nitrogen and oxygen atoms in total. The fraction of sp³-hybridized carbons (Fsp3) is 0.444. The van der Waals surface area contributed by atoms with Gasteiger partial charge >= 0.3 is 0 Å². The molecule has 3 rings (SSSR count).